The molecule has 3 aromatic carbocycles. The smallest absolute Gasteiger partial charge is 0.222 e. The fraction of sp³-hybridized carbons (Fsp3) is 0.160. The molecule has 0 aliphatic heterocycles. The van der Waals surface area contributed by atoms with Gasteiger partial charge in [-0.3, -0.25) is 14.5 Å². The van der Waals surface area contributed by atoms with Crippen molar-refractivity contribution >= 4 is 18.1 Å². The minimum atomic E-state index is -0.219. The number of carbonyl (C=O) groups is 1. The second kappa shape index (κ2) is 10.1. The summed E-state index contributed by atoms with van der Waals surface area (Å²) in [5.74, 6) is 1.39. The molecule has 0 spiro atoms. The number of carbonyl (C=O) groups excluding carboxylic acids is 1. The van der Waals surface area contributed by atoms with Crippen molar-refractivity contribution in [2.45, 2.75) is 19.0 Å². The second-order valence-corrected chi connectivity index (χ2v) is 7.69. The van der Waals surface area contributed by atoms with Crippen LogP contribution in [0.5, 0.6) is 5.75 Å². The Morgan fingerprint density at radius 1 is 1.00 bits per heavy atom. The lowest BCUT2D eigenvalue weighted by Gasteiger charge is -2.20. The topological polar surface area (TPSA) is 71.9 Å². The van der Waals surface area contributed by atoms with Crippen LogP contribution in [0.2, 0.25) is 0 Å². The number of aromatic amines is 1. The lowest BCUT2D eigenvalue weighted by atomic mass is 9.98. The zero-order chi connectivity index (χ0) is 22.3. The summed E-state index contributed by atoms with van der Waals surface area (Å²) in [7, 11) is 1.63. The van der Waals surface area contributed by atoms with Crippen LogP contribution < -0.4 is 10.1 Å². The molecule has 0 atom stereocenters. The molecule has 0 saturated carbocycles. The van der Waals surface area contributed by atoms with Gasteiger partial charge in [-0.15, -0.1) is 0 Å². The van der Waals surface area contributed by atoms with Crippen LogP contribution in [0, 0.1) is 4.77 Å². The predicted molar refractivity (Wildman–Crippen MR) is 127 cm³/mol. The molecule has 0 unspecified atom stereocenters. The first-order valence-electron chi connectivity index (χ1n) is 10.3. The number of benzene rings is 3. The van der Waals surface area contributed by atoms with Crippen LogP contribution in [0.25, 0.3) is 11.4 Å². The third-order valence-electron chi connectivity index (χ3n) is 5.24. The molecule has 0 radical (unpaired) electrons. The molecule has 4 rings (SSSR count). The van der Waals surface area contributed by atoms with Gasteiger partial charge >= 0.3 is 0 Å². The number of ether oxygens (including phenoxy) is 1. The van der Waals surface area contributed by atoms with Crippen molar-refractivity contribution in [1.82, 2.24) is 20.1 Å². The molecule has 32 heavy (non-hydrogen) atoms. The van der Waals surface area contributed by atoms with Gasteiger partial charge in [-0.05, 0) is 47.6 Å². The molecule has 4 aromatic rings. The monoisotopic (exact) mass is 444 g/mol. The van der Waals surface area contributed by atoms with Crippen LogP contribution in [0.1, 0.15) is 23.6 Å². The molecule has 2 N–H and O–H groups in total. The first-order valence-corrected chi connectivity index (χ1v) is 10.8. The van der Waals surface area contributed by atoms with E-state index in [1.807, 2.05) is 89.5 Å². The molecule has 1 aromatic heterocycles. The van der Waals surface area contributed by atoms with E-state index in [1.54, 1.807) is 7.11 Å². The second-order valence-electron chi connectivity index (χ2n) is 7.30. The molecule has 0 bridgehead atoms. The van der Waals surface area contributed by atoms with Crippen molar-refractivity contribution in [2.75, 3.05) is 7.11 Å². The van der Waals surface area contributed by atoms with Crippen LogP contribution in [0.4, 0.5) is 0 Å². The number of nitrogens with zero attached hydrogens (tertiary/aromatic N) is 2. The summed E-state index contributed by atoms with van der Waals surface area (Å²) in [4.78, 5) is 12.9. The molecule has 6 nitrogen and oxygen atoms in total. The Morgan fingerprint density at radius 2 is 1.59 bits per heavy atom. The van der Waals surface area contributed by atoms with Crippen molar-refractivity contribution in [3.63, 3.8) is 0 Å². The van der Waals surface area contributed by atoms with Gasteiger partial charge in [0.25, 0.3) is 0 Å². The molecule has 0 aliphatic carbocycles. The van der Waals surface area contributed by atoms with E-state index in [0.29, 0.717) is 17.1 Å². The highest BCUT2D eigenvalue weighted by Crippen LogP contribution is 2.23. The van der Waals surface area contributed by atoms with Crippen molar-refractivity contribution in [3.8, 4) is 17.1 Å². The van der Waals surface area contributed by atoms with Crippen molar-refractivity contribution in [2.24, 2.45) is 0 Å². The Morgan fingerprint density at radius 3 is 2.16 bits per heavy atom. The van der Waals surface area contributed by atoms with Gasteiger partial charge in [0.2, 0.25) is 5.91 Å². The molecule has 0 aliphatic rings. The summed E-state index contributed by atoms with van der Waals surface area (Å²) in [5, 5.41) is 10.4. The van der Waals surface area contributed by atoms with Crippen molar-refractivity contribution in [3.05, 3.63) is 101 Å². The van der Waals surface area contributed by atoms with E-state index in [9.17, 15) is 4.79 Å². The Balaban J connectivity index is 1.50. The van der Waals surface area contributed by atoms with Crippen LogP contribution in [-0.2, 0) is 11.3 Å². The summed E-state index contributed by atoms with van der Waals surface area (Å²) in [6.45, 7) is 0.416. The maximum Gasteiger partial charge on any atom is 0.222 e. The molecule has 1 amide bonds. The van der Waals surface area contributed by atoms with E-state index in [4.69, 9.17) is 17.0 Å². The lowest BCUT2D eigenvalue weighted by Crippen LogP contribution is -2.30. The summed E-state index contributed by atoms with van der Waals surface area (Å²) in [5.41, 5.74) is 2.96. The molecule has 162 valence electrons. The molecule has 1 heterocycles. The molecule has 0 fully saturated rings. The quantitative estimate of drug-likeness (QED) is 0.379. The summed E-state index contributed by atoms with van der Waals surface area (Å²) < 4.78 is 7.54. The Bertz CT molecular complexity index is 1180. The number of aromatic nitrogens is 3. The standard InChI is InChI=1S/C25H24N4O2S/c1-31-21-14-12-20(13-15-21)24-27-28-25(32)29(24)17-16-22(30)26-23(18-8-4-2-5-9-18)19-10-6-3-7-11-19/h2-15,23H,16-17H2,1H3,(H,26,30)(H,28,32). The third-order valence-corrected chi connectivity index (χ3v) is 5.55. The number of hydrogen-bond donors (Lipinski definition) is 2. The van der Waals surface area contributed by atoms with Crippen molar-refractivity contribution < 1.29 is 9.53 Å². The highest BCUT2D eigenvalue weighted by Gasteiger charge is 2.17. The zero-order valence-electron chi connectivity index (χ0n) is 17.7. The van der Waals surface area contributed by atoms with E-state index in [2.05, 4.69) is 15.5 Å². The summed E-state index contributed by atoms with van der Waals surface area (Å²) >= 11 is 5.40. The fourth-order valence-electron chi connectivity index (χ4n) is 3.58. The Kier molecular flexibility index (Phi) is 6.77. The number of H-pyrrole nitrogens is 1. The number of hydrogen-bond acceptors (Lipinski definition) is 4. The van der Waals surface area contributed by atoms with Gasteiger partial charge in [0.05, 0.1) is 13.2 Å². The largest absolute Gasteiger partial charge is 0.497 e. The van der Waals surface area contributed by atoms with E-state index in [1.165, 1.54) is 0 Å². The molecule has 0 saturated heterocycles. The van der Waals surface area contributed by atoms with Crippen LogP contribution in [-0.4, -0.2) is 27.8 Å². The van der Waals surface area contributed by atoms with Gasteiger partial charge in [0.1, 0.15) is 5.75 Å². The maximum absolute atomic E-state index is 12.9. The average molecular weight is 445 g/mol. The number of nitrogens with one attached hydrogen (secondary N) is 2. The van der Waals surface area contributed by atoms with Gasteiger partial charge in [0.15, 0.2) is 10.6 Å². The SMILES string of the molecule is COc1ccc(-c2n[nH]c(=S)n2CCC(=O)NC(c2ccccc2)c2ccccc2)cc1. The van der Waals surface area contributed by atoms with E-state index < -0.39 is 0 Å². The average Bonchev–Trinajstić information content (AvgIpc) is 3.22. The molecular weight excluding hydrogens is 420 g/mol. The maximum atomic E-state index is 12.9. The van der Waals surface area contributed by atoms with Crippen molar-refractivity contribution in [1.29, 1.82) is 0 Å². The highest BCUT2D eigenvalue weighted by atomic mass is 32.1. The van der Waals surface area contributed by atoms with Gasteiger partial charge in [0, 0.05) is 18.5 Å². The number of amides is 1. The highest BCUT2D eigenvalue weighted by molar-refractivity contribution is 7.71. The Labute approximate surface area is 191 Å². The number of methoxy groups -OCH3 is 1. The van der Waals surface area contributed by atoms with Gasteiger partial charge in [-0.1, -0.05) is 60.7 Å². The van der Waals surface area contributed by atoms with Gasteiger partial charge in [-0.2, -0.15) is 5.10 Å². The minimum Gasteiger partial charge on any atom is -0.497 e. The lowest BCUT2D eigenvalue weighted by molar-refractivity contribution is -0.121. The first-order chi connectivity index (χ1) is 15.7. The molecular formula is C25H24N4O2S. The Hall–Kier alpha value is -3.71. The summed E-state index contributed by atoms with van der Waals surface area (Å²) in [6.07, 6.45) is 0.271. The normalized spacial score (nSPS) is 10.8. The van der Waals surface area contributed by atoms with E-state index in [0.717, 1.165) is 22.4 Å². The van der Waals surface area contributed by atoms with Crippen LogP contribution in [0.15, 0.2) is 84.9 Å². The molecule has 7 heteroatoms. The third kappa shape index (κ3) is 4.95. The number of rotatable bonds is 8. The first kappa shape index (κ1) is 21.5. The van der Waals surface area contributed by atoms with Gasteiger partial charge < -0.3 is 10.1 Å². The zero-order valence-corrected chi connectivity index (χ0v) is 18.5. The minimum absolute atomic E-state index is 0.0634. The van der Waals surface area contributed by atoms with Crippen LogP contribution in [0.3, 0.4) is 0 Å². The predicted octanol–water partition coefficient (Wildman–Crippen LogP) is 4.91. The van der Waals surface area contributed by atoms with Crippen LogP contribution >= 0.6 is 12.2 Å². The van der Waals surface area contributed by atoms with Gasteiger partial charge in [-0.25, -0.2) is 0 Å². The summed E-state index contributed by atoms with van der Waals surface area (Å²) in [6, 6.07) is 27.3. The fourth-order valence-corrected chi connectivity index (χ4v) is 3.81. The van der Waals surface area contributed by atoms with E-state index >= 15 is 0 Å². The van der Waals surface area contributed by atoms with E-state index in [-0.39, 0.29) is 18.4 Å².